The average Bonchev–Trinajstić information content (AvgIpc) is 3.22. The van der Waals surface area contributed by atoms with Crippen molar-refractivity contribution >= 4 is 13.7 Å². The molecule has 3 unspecified atom stereocenters. The van der Waals surface area contributed by atoms with Gasteiger partial charge in [-0.2, -0.15) is 0 Å². The van der Waals surface area contributed by atoms with Crippen LogP contribution in [-0.4, -0.2) is 47.8 Å². The minimum atomic E-state index is -4.32. The van der Waals surface area contributed by atoms with Crippen molar-refractivity contribution in [1.29, 1.82) is 0 Å². The molecule has 0 aromatic rings. The number of unbranched alkanes of at least 4 members (excludes halogenated alkanes) is 32. The molecule has 350 valence electrons. The molecule has 0 aromatic heterocycles. The van der Waals surface area contributed by atoms with Crippen molar-refractivity contribution in [3.8, 4) is 0 Å². The van der Waals surface area contributed by atoms with Crippen LogP contribution in [0.5, 0.6) is 0 Å². The van der Waals surface area contributed by atoms with E-state index in [4.69, 9.17) is 14.8 Å². The molecular formula is C50H99N2O6P. The number of hydrogen-bond acceptors (Lipinski definition) is 6. The van der Waals surface area contributed by atoms with Crippen LogP contribution in [0.3, 0.4) is 0 Å². The number of nitrogens with two attached hydrogens (primary N) is 1. The quantitative estimate of drug-likeness (QED) is 0.0272. The van der Waals surface area contributed by atoms with Gasteiger partial charge in [0.2, 0.25) is 5.91 Å². The Hall–Kier alpha value is -1.02. The van der Waals surface area contributed by atoms with Crippen LogP contribution in [0, 0.1) is 0 Å². The fraction of sp³-hybridized carbons (Fsp3) is 0.900. The molecule has 59 heavy (non-hydrogen) atoms. The van der Waals surface area contributed by atoms with Gasteiger partial charge in [-0.3, -0.25) is 13.8 Å². The van der Waals surface area contributed by atoms with Gasteiger partial charge in [0.1, 0.15) is 0 Å². The monoisotopic (exact) mass is 855 g/mol. The van der Waals surface area contributed by atoms with Crippen LogP contribution in [0.25, 0.3) is 0 Å². The Kier molecular flexibility index (Phi) is 45.7. The highest BCUT2D eigenvalue weighted by atomic mass is 31.2. The topological polar surface area (TPSA) is 131 Å². The summed E-state index contributed by atoms with van der Waals surface area (Å²) in [6.45, 7) is 4.23. The van der Waals surface area contributed by atoms with Crippen molar-refractivity contribution in [2.45, 2.75) is 270 Å². The maximum absolute atomic E-state index is 12.8. The molecule has 5 N–H and O–H groups in total. The Morgan fingerprint density at radius 1 is 0.559 bits per heavy atom. The van der Waals surface area contributed by atoms with Crippen molar-refractivity contribution in [3.63, 3.8) is 0 Å². The van der Waals surface area contributed by atoms with Crippen LogP contribution in [-0.2, 0) is 18.4 Å². The van der Waals surface area contributed by atoms with Gasteiger partial charge in [-0.15, -0.1) is 0 Å². The van der Waals surface area contributed by atoms with E-state index < -0.39 is 20.0 Å². The third kappa shape index (κ3) is 44.8. The van der Waals surface area contributed by atoms with E-state index in [1.165, 1.54) is 186 Å². The van der Waals surface area contributed by atoms with Crippen molar-refractivity contribution < 1.29 is 28.4 Å². The van der Waals surface area contributed by atoms with E-state index in [1.807, 2.05) is 0 Å². The first-order valence-electron chi connectivity index (χ1n) is 25.5. The van der Waals surface area contributed by atoms with Gasteiger partial charge in [-0.1, -0.05) is 231 Å². The lowest BCUT2D eigenvalue weighted by Gasteiger charge is -2.25. The zero-order valence-corrected chi connectivity index (χ0v) is 39.9. The number of nitrogens with one attached hydrogen (secondary N) is 1. The minimum Gasteiger partial charge on any atom is -0.391 e. The van der Waals surface area contributed by atoms with Gasteiger partial charge in [-0.05, 0) is 44.9 Å². The molecule has 1 amide bonds. The molecule has 0 fully saturated rings. The Morgan fingerprint density at radius 2 is 0.932 bits per heavy atom. The Bertz CT molecular complexity index is 979. The molecule has 0 aliphatic heterocycles. The molecule has 0 aliphatic carbocycles. The molecule has 0 heterocycles. The molecule has 0 aliphatic rings. The zero-order chi connectivity index (χ0) is 43.2. The summed E-state index contributed by atoms with van der Waals surface area (Å²) in [5.74, 6) is -0.163. The lowest BCUT2D eigenvalue weighted by Crippen LogP contribution is -2.46. The lowest BCUT2D eigenvalue weighted by atomic mass is 10.0. The summed E-state index contributed by atoms with van der Waals surface area (Å²) in [6, 6.07) is -0.776. The number of phosphoric ester groups is 1. The van der Waals surface area contributed by atoms with Crippen molar-refractivity contribution in [2.75, 3.05) is 19.8 Å². The SMILES string of the molecule is CCCCCCC/C=C\C/C=C\CCCCCCCCCCCC(=O)NC(COP(=O)(O)OCCN)C(O)CCCCCCCCCCCCCCCCCCCCC. The Labute approximate surface area is 366 Å². The second-order valence-corrected chi connectivity index (χ2v) is 18.8. The average molecular weight is 855 g/mol. The molecule has 8 nitrogen and oxygen atoms in total. The molecule has 0 spiro atoms. The smallest absolute Gasteiger partial charge is 0.391 e. The first-order chi connectivity index (χ1) is 28.9. The first kappa shape index (κ1) is 58.0. The number of aliphatic hydroxyl groups is 1. The fourth-order valence-corrected chi connectivity index (χ4v) is 8.46. The fourth-order valence-electron chi connectivity index (χ4n) is 7.70. The van der Waals surface area contributed by atoms with E-state index in [0.717, 1.165) is 44.9 Å². The normalized spacial score (nSPS) is 14.1. The van der Waals surface area contributed by atoms with Crippen molar-refractivity contribution in [3.05, 3.63) is 24.3 Å². The molecule has 0 aromatic carbocycles. The predicted molar refractivity (Wildman–Crippen MR) is 254 cm³/mol. The number of allylic oxidation sites excluding steroid dienone is 4. The van der Waals surface area contributed by atoms with Gasteiger partial charge in [0.15, 0.2) is 0 Å². The van der Waals surface area contributed by atoms with Crippen molar-refractivity contribution in [1.82, 2.24) is 5.32 Å². The van der Waals surface area contributed by atoms with Crippen LogP contribution < -0.4 is 11.1 Å². The van der Waals surface area contributed by atoms with E-state index in [9.17, 15) is 19.4 Å². The van der Waals surface area contributed by atoms with Crippen LogP contribution in [0.4, 0.5) is 0 Å². The van der Waals surface area contributed by atoms with Crippen molar-refractivity contribution in [2.24, 2.45) is 5.73 Å². The number of carbonyl (C=O) groups excluding carboxylic acids is 1. The van der Waals surface area contributed by atoms with Gasteiger partial charge in [-0.25, -0.2) is 4.57 Å². The maximum atomic E-state index is 12.8. The second kappa shape index (κ2) is 46.5. The third-order valence-electron chi connectivity index (χ3n) is 11.6. The summed E-state index contributed by atoms with van der Waals surface area (Å²) >= 11 is 0. The van der Waals surface area contributed by atoms with Crippen LogP contribution >= 0.6 is 7.82 Å². The van der Waals surface area contributed by atoms with E-state index >= 15 is 0 Å². The highest BCUT2D eigenvalue weighted by molar-refractivity contribution is 7.47. The van der Waals surface area contributed by atoms with Gasteiger partial charge in [0.25, 0.3) is 0 Å². The maximum Gasteiger partial charge on any atom is 0.472 e. The number of carbonyl (C=O) groups is 1. The van der Waals surface area contributed by atoms with Gasteiger partial charge in [0.05, 0.1) is 25.4 Å². The third-order valence-corrected chi connectivity index (χ3v) is 12.5. The Morgan fingerprint density at radius 3 is 1.34 bits per heavy atom. The molecular weight excluding hydrogens is 756 g/mol. The first-order valence-corrected chi connectivity index (χ1v) is 26.9. The van der Waals surface area contributed by atoms with E-state index in [0.29, 0.717) is 12.8 Å². The van der Waals surface area contributed by atoms with E-state index in [2.05, 4.69) is 43.5 Å². The minimum absolute atomic E-state index is 0.0890. The zero-order valence-electron chi connectivity index (χ0n) is 39.0. The molecule has 0 saturated carbocycles. The van der Waals surface area contributed by atoms with Crippen LogP contribution in [0.15, 0.2) is 24.3 Å². The number of hydrogen-bond donors (Lipinski definition) is 4. The van der Waals surface area contributed by atoms with Gasteiger partial charge in [0, 0.05) is 13.0 Å². The summed E-state index contributed by atoms with van der Waals surface area (Å²) in [4.78, 5) is 22.8. The van der Waals surface area contributed by atoms with E-state index in [-0.39, 0.29) is 25.7 Å². The van der Waals surface area contributed by atoms with Gasteiger partial charge >= 0.3 is 7.82 Å². The highest BCUT2D eigenvalue weighted by Crippen LogP contribution is 2.43. The van der Waals surface area contributed by atoms with E-state index in [1.54, 1.807) is 0 Å². The van der Waals surface area contributed by atoms with Gasteiger partial charge < -0.3 is 21.1 Å². The summed E-state index contributed by atoms with van der Waals surface area (Å²) in [6.07, 6.45) is 54.8. The number of amides is 1. The predicted octanol–water partition coefficient (Wildman–Crippen LogP) is 14.9. The van der Waals surface area contributed by atoms with Crippen LogP contribution in [0.1, 0.15) is 258 Å². The number of rotatable bonds is 48. The second-order valence-electron chi connectivity index (χ2n) is 17.4. The summed E-state index contributed by atoms with van der Waals surface area (Å²) in [7, 11) is -4.32. The molecule has 0 bridgehead atoms. The largest absolute Gasteiger partial charge is 0.472 e. The van der Waals surface area contributed by atoms with Crippen LogP contribution in [0.2, 0.25) is 0 Å². The molecule has 0 rings (SSSR count). The summed E-state index contributed by atoms with van der Waals surface area (Å²) in [5, 5.41) is 13.9. The highest BCUT2D eigenvalue weighted by Gasteiger charge is 2.27. The standard InChI is InChI=1S/C50H99N2O6P/c1-3-5-7-9-11-13-15-17-19-21-23-24-26-28-30-32-34-36-38-40-42-44-50(54)52-48(47-58-59(55,56)57-46-45-51)49(53)43-41-39-37-35-33-31-29-27-25-22-20-18-16-14-12-10-8-6-4-2/h15,17,21,23,48-49,53H,3-14,16,18-20,22,24-47,51H2,1-2H3,(H,52,54)(H,55,56)/b17-15-,23-21-. The molecule has 0 radical (unpaired) electrons. The molecule has 9 heteroatoms. The number of aliphatic hydroxyl groups excluding tert-OH is 1. The molecule has 3 atom stereocenters. The molecule has 0 saturated heterocycles. The number of phosphoric acid groups is 1. The summed E-state index contributed by atoms with van der Waals surface area (Å²) in [5.41, 5.74) is 5.40. The summed E-state index contributed by atoms with van der Waals surface area (Å²) < 4.78 is 22.3. The Balaban J connectivity index is 4.06. The lowest BCUT2D eigenvalue weighted by molar-refractivity contribution is -0.123.